The Morgan fingerprint density at radius 2 is 1.86 bits per heavy atom. The predicted molar refractivity (Wildman–Crippen MR) is 61.4 cm³/mol. The van der Waals surface area contributed by atoms with Gasteiger partial charge in [-0.05, 0) is 13.0 Å². The topological polar surface area (TPSA) is 55.1 Å². The van der Waals surface area contributed by atoms with Crippen LogP contribution in [0.3, 0.4) is 0 Å². The van der Waals surface area contributed by atoms with E-state index in [4.69, 9.17) is 5.73 Å². The molecule has 0 aliphatic rings. The molecule has 0 aromatic heterocycles. The molecule has 0 aliphatic heterocycles. The summed E-state index contributed by atoms with van der Waals surface area (Å²) in [6, 6.07) is 0. The number of nitrogens with two attached hydrogens (primary N) is 1. The third-order valence-electron chi connectivity index (χ3n) is 1.13. The Balaban J connectivity index is 0. The van der Waals surface area contributed by atoms with Crippen LogP contribution in [0.2, 0.25) is 0 Å². The van der Waals surface area contributed by atoms with Crippen molar-refractivity contribution >= 4 is 5.91 Å². The van der Waals surface area contributed by atoms with Gasteiger partial charge in [-0.3, -0.25) is 4.79 Å². The van der Waals surface area contributed by atoms with Crippen LogP contribution in [0.1, 0.15) is 27.7 Å². The van der Waals surface area contributed by atoms with Gasteiger partial charge in [-0.1, -0.05) is 32.6 Å². The fraction of sp³-hybridized carbons (Fsp3) is 0.364. The summed E-state index contributed by atoms with van der Waals surface area (Å²) in [6.45, 7) is 10.7. The van der Waals surface area contributed by atoms with Crippen molar-refractivity contribution in [2.24, 2.45) is 5.73 Å². The van der Waals surface area contributed by atoms with Crippen molar-refractivity contribution < 1.29 is 4.79 Å². The zero-order chi connectivity index (χ0) is 11.6. The lowest BCUT2D eigenvalue weighted by atomic mass is 10.3. The van der Waals surface area contributed by atoms with Crippen LogP contribution < -0.4 is 11.1 Å². The largest absolute Gasteiger partial charge is 0.401 e. The highest BCUT2D eigenvalue weighted by Gasteiger charge is 1.96. The lowest BCUT2D eigenvalue weighted by Gasteiger charge is -2.04. The second-order valence-corrected chi connectivity index (χ2v) is 2.37. The average molecular weight is 196 g/mol. The third-order valence-corrected chi connectivity index (χ3v) is 1.13. The van der Waals surface area contributed by atoms with Gasteiger partial charge in [0.05, 0.1) is 5.70 Å². The maximum atomic E-state index is 10.7. The third kappa shape index (κ3) is 8.59. The van der Waals surface area contributed by atoms with Crippen LogP contribution in [-0.2, 0) is 4.79 Å². The first kappa shape index (κ1) is 15.0. The highest BCUT2D eigenvalue weighted by molar-refractivity contribution is 5.75. The van der Waals surface area contributed by atoms with E-state index in [0.29, 0.717) is 11.4 Å². The van der Waals surface area contributed by atoms with E-state index in [1.807, 2.05) is 13.8 Å². The van der Waals surface area contributed by atoms with Gasteiger partial charge < -0.3 is 11.1 Å². The molecule has 0 spiro atoms. The summed E-state index contributed by atoms with van der Waals surface area (Å²) in [5, 5.41) is 2.60. The number of hydrogen-bond donors (Lipinski definition) is 2. The molecule has 0 heterocycles. The molecule has 80 valence electrons. The van der Waals surface area contributed by atoms with Crippen molar-refractivity contribution in [1.29, 1.82) is 0 Å². The van der Waals surface area contributed by atoms with Crippen LogP contribution >= 0.6 is 0 Å². The molecule has 3 nitrogen and oxygen atoms in total. The Morgan fingerprint density at radius 3 is 2.14 bits per heavy atom. The molecule has 1 amide bonds. The van der Waals surface area contributed by atoms with Crippen molar-refractivity contribution in [2.45, 2.75) is 27.7 Å². The van der Waals surface area contributed by atoms with E-state index in [1.54, 1.807) is 25.2 Å². The normalized spacial score (nSPS) is 11.1. The highest BCUT2D eigenvalue weighted by Crippen LogP contribution is 1.96. The molecule has 0 rings (SSSR count). The van der Waals surface area contributed by atoms with E-state index in [2.05, 4.69) is 11.9 Å². The summed E-state index contributed by atoms with van der Waals surface area (Å²) >= 11 is 0. The number of hydrogen-bond acceptors (Lipinski definition) is 2. The summed E-state index contributed by atoms with van der Waals surface area (Å²) < 4.78 is 0. The lowest BCUT2D eigenvalue weighted by Crippen LogP contribution is -2.20. The molecule has 0 aliphatic carbocycles. The van der Waals surface area contributed by atoms with Gasteiger partial charge in [-0.2, -0.15) is 0 Å². The standard InChI is InChI=1S/C9H14N2O.C2H6/c1-4-5-6-9(7(2)10)11-8(3)12;1-2/h4-6H,1,10H2,2-3H3,(H,11,12);1-2H3/b6-5-,9-7-;. The Hall–Kier alpha value is -1.51. The van der Waals surface area contributed by atoms with Gasteiger partial charge >= 0.3 is 0 Å². The SMILES string of the molecule is C=C/C=C\C(NC(C)=O)=C(/C)N.CC. The fourth-order valence-electron chi connectivity index (χ4n) is 0.626. The van der Waals surface area contributed by atoms with Gasteiger partial charge in [0.2, 0.25) is 5.91 Å². The van der Waals surface area contributed by atoms with E-state index in [1.165, 1.54) is 6.92 Å². The lowest BCUT2D eigenvalue weighted by molar-refractivity contribution is -0.118. The van der Waals surface area contributed by atoms with E-state index in [9.17, 15) is 4.79 Å². The first-order valence-corrected chi connectivity index (χ1v) is 4.61. The number of amides is 1. The maximum absolute atomic E-state index is 10.7. The number of carbonyl (C=O) groups is 1. The van der Waals surface area contributed by atoms with Crippen molar-refractivity contribution in [3.63, 3.8) is 0 Å². The predicted octanol–water partition coefficient (Wildman–Crippen LogP) is 2.08. The second-order valence-electron chi connectivity index (χ2n) is 2.37. The van der Waals surface area contributed by atoms with Gasteiger partial charge in [0.15, 0.2) is 0 Å². The van der Waals surface area contributed by atoms with Gasteiger partial charge in [0.25, 0.3) is 0 Å². The first-order chi connectivity index (χ1) is 6.57. The van der Waals surface area contributed by atoms with Gasteiger partial charge in [-0.15, -0.1) is 0 Å². The number of rotatable bonds is 3. The van der Waals surface area contributed by atoms with Gasteiger partial charge in [0, 0.05) is 12.6 Å². The summed E-state index contributed by atoms with van der Waals surface area (Å²) in [7, 11) is 0. The molecule has 0 atom stereocenters. The Morgan fingerprint density at radius 1 is 1.36 bits per heavy atom. The molecule has 3 N–H and O–H groups in total. The maximum Gasteiger partial charge on any atom is 0.221 e. The summed E-state index contributed by atoms with van der Waals surface area (Å²) in [6.07, 6.45) is 5.02. The Labute approximate surface area is 86.4 Å². The highest BCUT2D eigenvalue weighted by atomic mass is 16.1. The van der Waals surface area contributed by atoms with Crippen LogP contribution in [0.25, 0.3) is 0 Å². The minimum absolute atomic E-state index is 0.136. The van der Waals surface area contributed by atoms with Crippen LogP contribution in [-0.4, -0.2) is 5.91 Å². The van der Waals surface area contributed by atoms with Crippen molar-refractivity contribution in [3.8, 4) is 0 Å². The molecule has 0 radical (unpaired) electrons. The Bertz CT molecular complexity index is 236. The molecule has 0 fully saturated rings. The van der Waals surface area contributed by atoms with Crippen molar-refractivity contribution in [2.75, 3.05) is 0 Å². The fourth-order valence-corrected chi connectivity index (χ4v) is 0.626. The summed E-state index contributed by atoms with van der Waals surface area (Å²) in [4.78, 5) is 10.7. The zero-order valence-electron chi connectivity index (χ0n) is 9.42. The van der Waals surface area contributed by atoms with Gasteiger partial charge in [0.1, 0.15) is 0 Å². The van der Waals surface area contributed by atoms with Crippen molar-refractivity contribution in [3.05, 3.63) is 36.2 Å². The molecule has 0 bridgehead atoms. The molecule has 0 unspecified atom stereocenters. The number of nitrogens with one attached hydrogen (secondary N) is 1. The van der Waals surface area contributed by atoms with E-state index in [-0.39, 0.29) is 5.91 Å². The van der Waals surface area contributed by atoms with Crippen molar-refractivity contribution in [1.82, 2.24) is 5.32 Å². The monoisotopic (exact) mass is 196 g/mol. The molecule has 0 saturated heterocycles. The first-order valence-electron chi connectivity index (χ1n) is 4.61. The van der Waals surface area contributed by atoms with Crippen LogP contribution in [0.5, 0.6) is 0 Å². The smallest absolute Gasteiger partial charge is 0.221 e. The zero-order valence-corrected chi connectivity index (χ0v) is 9.42. The van der Waals surface area contributed by atoms with Crippen LogP contribution in [0, 0.1) is 0 Å². The molecule has 0 saturated carbocycles. The second kappa shape index (κ2) is 9.58. The molecule has 3 heteroatoms. The number of allylic oxidation sites excluding steroid dienone is 4. The van der Waals surface area contributed by atoms with Crippen LogP contribution in [0.15, 0.2) is 36.2 Å². The molecule has 0 aromatic carbocycles. The van der Waals surface area contributed by atoms with E-state index in [0.717, 1.165) is 0 Å². The molecule has 14 heavy (non-hydrogen) atoms. The minimum Gasteiger partial charge on any atom is -0.401 e. The molecule has 0 aromatic rings. The van der Waals surface area contributed by atoms with Gasteiger partial charge in [-0.25, -0.2) is 0 Å². The van der Waals surface area contributed by atoms with E-state index >= 15 is 0 Å². The van der Waals surface area contributed by atoms with E-state index < -0.39 is 0 Å². The molecular formula is C11H20N2O. The quantitative estimate of drug-likeness (QED) is 0.679. The minimum atomic E-state index is -0.136. The summed E-state index contributed by atoms with van der Waals surface area (Å²) in [5.74, 6) is -0.136. The number of carbonyl (C=O) groups excluding carboxylic acids is 1. The molecular weight excluding hydrogens is 176 g/mol. The summed E-state index contributed by atoms with van der Waals surface area (Å²) in [5.41, 5.74) is 6.69. The average Bonchev–Trinajstić information content (AvgIpc) is 2.14. The van der Waals surface area contributed by atoms with Crippen LogP contribution in [0.4, 0.5) is 0 Å². The Kier molecular flexibility index (Phi) is 10.3.